The summed E-state index contributed by atoms with van der Waals surface area (Å²) in [6.45, 7) is 1.67. The number of hydrogen-bond acceptors (Lipinski definition) is 5. The van der Waals surface area contributed by atoms with Crippen molar-refractivity contribution in [3.63, 3.8) is 0 Å². The lowest BCUT2D eigenvalue weighted by molar-refractivity contribution is 0.0910. The summed E-state index contributed by atoms with van der Waals surface area (Å²) in [6, 6.07) is 33.7. The monoisotopic (exact) mass is 558 g/mol. The van der Waals surface area contributed by atoms with Crippen molar-refractivity contribution >= 4 is 5.91 Å². The Morgan fingerprint density at radius 1 is 0.929 bits per heavy atom. The van der Waals surface area contributed by atoms with E-state index in [9.17, 15) is 9.90 Å². The number of nitrogens with zero attached hydrogens (tertiary/aromatic N) is 2. The molecular weight excluding hydrogens is 524 g/mol. The number of hydrogen-bond donors (Lipinski definition) is 3. The number of nitrogens with one attached hydrogen (secondary N) is 2. The number of imidazole rings is 1. The first-order valence-electron chi connectivity index (χ1n) is 14.3. The van der Waals surface area contributed by atoms with Crippen molar-refractivity contribution in [3.8, 4) is 16.9 Å². The number of ether oxygens (including phenoxy) is 1. The molecule has 0 saturated heterocycles. The lowest BCUT2D eigenvalue weighted by atomic mass is 9.96. The van der Waals surface area contributed by atoms with E-state index in [1.54, 1.807) is 6.07 Å². The lowest BCUT2D eigenvalue weighted by Gasteiger charge is -2.28. The van der Waals surface area contributed by atoms with E-state index in [1.807, 2.05) is 61.1 Å². The number of para-hydroxylation sites is 1. The molecule has 42 heavy (non-hydrogen) atoms. The molecule has 0 fully saturated rings. The molecular formula is C35H34N4O3. The molecule has 2 unspecified atom stereocenters. The van der Waals surface area contributed by atoms with Crippen LogP contribution in [0.2, 0.25) is 0 Å². The average molecular weight is 559 g/mol. The maximum atomic E-state index is 13.3. The number of carbonyl (C=O) groups excluding carboxylic acids is 1. The van der Waals surface area contributed by atoms with Gasteiger partial charge in [-0.05, 0) is 28.3 Å². The molecule has 1 aliphatic heterocycles. The van der Waals surface area contributed by atoms with Gasteiger partial charge in [-0.2, -0.15) is 0 Å². The minimum Gasteiger partial charge on any atom is -0.492 e. The van der Waals surface area contributed by atoms with Crippen molar-refractivity contribution in [2.24, 2.45) is 0 Å². The first-order valence-corrected chi connectivity index (χ1v) is 14.3. The second kappa shape index (κ2) is 12.9. The summed E-state index contributed by atoms with van der Waals surface area (Å²) >= 11 is 0. The molecule has 0 spiro atoms. The molecule has 2 atom stereocenters. The predicted molar refractivity (Wildman–Crippen MR) is 163 cm³/mol. The van der Waals surface area contributed by atoms with Crippen molar-refractivity contribution in [2.75, 3.05) is 13.2 Å². The van der Waals surface area contributed by atoms with Crippen LogP contribution < -0.4 is 15.4 Å². The van der Waals surface area contributed by atoms with Gasteiger partial charge in [0.1, 0.15) is 5.75 Å². The highest BCUT2D eigenvalue weighted by Gasteiger charge is 2.27. The van der Waals surface area contributed by atoms with E-state index in [2.05, 4.69) is 68.7 Å². The molecule has 0 radical (unpaired) electrons. The summed E-state index contributed by atoms with van der Waals surface area (Å²) in [7, 11) is 0. The zero-order valence-electron chi connectivity index (χ0n) is 23.3. The van der Waals surface area contributed by atoms with Gasteiger partial charge in [-0.3, -0.25) is 4.79 Å². The van der Waals surface area contributed by atoms with Crippen LogP contribution in [0.4, 0.5) is 0 Å². The molecule has 1 amide bonds. The second-order valence-electron chi connectivity index (χ2n) is 10.5. The molecule has 1 aromatic heterocycles. The van der Waals surface area contributed by atoms with E-state index in [1.165, 1.54) is 16.7 Å². The highest BCUT2D eigenvalue weighted by atomic mass is 16.5. The van der Waals surface area contributed by atoms with E-state index in [0.29, 0.717) is 24.5 Å². The van der Waals surface area contributed by atoms with Gasteiger partial charge in [0, 0.05) is 37.3 Å². The van der Waals surface area contributed by atoms with Crippen LogP contribution in [0, 0.1) is 0 Å². The Bertz CT molecular complexity index is 1620. The van der Waals surface area contributed by atoms with Crippen molar-refractivity contribution in [2.45, 2.75) is 31.6 Å². The fraction of sp³-hybridized carbons (Fsp3) is 0.200. The molecule has 0 bridgehead atoms. The molecule has 3 N–H and O–H groups in total. The van der Waals surface area contributed by atoms with Crippen LogP contribution in [0.5, 0.6) is 5.75 Å². The number of aliphatic hydroxyl groups excluding tert-OH is 1. The maximum Gasteiger partial charge on any atom is 0.255 e. The zero-order valence-corrected chi connectivity index (χ0v) is 23.3. The third-order valence-corrected chi connectivity index (χ3v) is 7.75. The highest BCUT2D eigenvalue weighted by molar-refractivity contribution is 5.97. The molecule has 7 heteroatoms. The van der Waals surface area contributed by atoms with Crippen LogP contribution in [-0.2, 0) is 13.1 Å². The first-order chi connectivity index (χ1) is 20.7. The molecule has 1 aliphatic rings. The van der Waals surface area contributed by atoms with Crippen LogP contribution in [0.15, 0.2) is 116 Å². The standard InChI is InChI=1S/C35H34N4O3/c40-23-33(28-10-5-2-6-11-28)38-35(41)31-13-7-12-30-32(18-19-42-34(30)31)37-21-29-20-36-24-39(29)22-25-14-16-27(17-15-25)26-8-3-1-4-9-26/h1-17,20,24,32-33,37,40H,18-19,21-23H2,(H,38,41). The minimum absolute atomic E-state index is 0.0257. The molecule has 5 aromatic rings. The van der Waals surface area contributed by atoms with Crippen molar-refractivity contribution in [3.05, 3.63) is 144 Å². The molecule has 7 nitrogen and oxygen atoms in total. The molecule has 0 aliphatic carbocycles. The Labute approximate surface area is 245 Å². The van der Waals surface area contributed by atoms with Gasteiger partial charge in [-0.25, -0.2) is 4.98 Å². The molecule has 6 rings (SSSR count). The first kappa shape index (κ1) is 27.4. The third kappa shape index (κ3) is 6.12. The number of aromatic nitrogens is 2. The topological polar surface area (TPSA) is 88.4 Å². The van der Waals surface area contributed by atoms with E-state index >= 15 is 0 Å². The van der Waals surface area contributed by atoms with Crippen LogP contribution in [0.1, 0.15) is 51.2 Å². The Morgan fingerprint density at radius 3 is 2.43 bits per heavy atom. The highest BCUT2D eigenvalue weighted by Crippen LogP contribution is 2.35. The second-order valence-corrected chi connectivity index (χ2v) is 10.5. The summed E-state index contributed by atoms with van der Waals surface area (Å²) < 4.78 is 8.19. The number of carbonyl (C=O) groups is 1. The zero-order chi connectivity index (χ0) is 28.7. The van der Waals surface area contributed by atoms with Crippen molar-refractivity contribution in [1.29, 1.82) is 0 Å². The minimum atomic E-state index is -0.498. The smallest absolute Gasteiger partial charge is 0.255 e. The lowest BCUT2D eigenvalue weighted by Crippen LogP contribution is -2.33. The van der Waals surface area contributed by atoms with Gasteiger partial charge in [-0.15, -0.1) is 0 Å². The Balaban J connectivity index is 1.12. The number of aliphatic hydroxyl groups is 1. The largest absolute Gasteiger partial charge is 0.492 e. The molecule has 212 valence electrons. The van der Waals surface area contributed by atoms with E-state index in [0.717, 1.165) is 29.8 Å². The molecule has 2 heterocycles. The Hall–Kier alpha value is -4.72. The average Bonchev–Trinajstić information content (AvgIpc) is 3.50. The quantitative estimate of drug-likeness (QED) is 0.205. The Kier molecular flexibility index (Phi) is 8.40. The van der Waals surface area contributed by atoms with Gasteiger partial charge in [0.05, 0.1) is 36.8 Å². The van der Waals surface area contributed by atoms with Crippen LogP contribution in [0.3, 0.4) is 0 Å². The van der Waals surface area contributed by atoms with Gasteiger partial charge >= 0.3 is 0 Å². The normalized spacial score (nSPS) is 14.9. The van der Waals surface area contributed by atoms with E-state index in [4.69, 9.17) is 4.74 Å². The van der Waals surface area contributed by atoms with E-state index in [-0.39, 0.29) is 18.6 Å². The number of amides is 1. The fourth-order valence-corrected chi connectivity index (χ4v) is 5.47. The summed E-state index contributed by atoms with van der Waals surface area (Å²) in [5.74, 6) is 0.322. The molecule has 0 saturated carbocycles. The van der Waals surface area contributed by atoms with Gasteiger partial charge in [0.2, 0.25) is 0 Å². The third-order valence-electron chi connectivity index (χ3n) is 7.75. The van der Waals surface area contributed by atoms with Crippen LogP contribution >= 0.6 is 0 Å². The summed E-state index contributed by atoms with van der Waals surface area (Å²) in [5.41, 5.74) is 6.97. The van der Waals surface area contributed by atoms with Gasteiger partial charge in [0.15, 0.2) is 0 Å². The van der Waals surface area contributed by atoms with Gasteiger partial charge < -0.3 is 25.0 Å². The van der Waals surface area contributed by atoms with Gasteiger partial charge in [0.25, 0.3) is 5.91 Å². The van der Waals surface area contributed by atoms with Crippen molar-refractivity contribution < 1.29 is 14.6 Å². The fourth-order valence-electron chi connectivity index (χ4n) is 5.47. The number of rotatable bonds is 10. The maximum absolute atomic E-state index is 13.3. The number of fused-ring (bicyclic) bond motifs is 1. The predicted octanol–water partition coefficient (Wildman–Crippen LogP) is 5.68. The van der Waals surface area contributed by atoms with Gasteiger partial charge in [-0.1, -0.05) is 97.1 Å². The van der Waals surface area contributed by atoms with Crippen LogP contribution in [0.25, 0.3) is 11.1 Å². The van der Waals surface area contributed by atoms with Crippen LogP contribution in [-0.4, -0.2) is 33.8 Å². The Morgan fingerprint density at radius 2 is 1.67 bits per heavy atom. The van der Waals surface area contributed by atoms with E-state index < -0.39 is 6.04 Å². The summed E-state index contributed by atoms with van der Waals surface area (Å²) in [4.78, 5) is 17.7. The summed E-state index contributed by atoms with van der Waals surface area (Å²) in [5, 5.41) is 16.6. The molecule has 4 aromatic carbocycles. The summed E-state index contributed by atoms with van der Waals surface area (Å²) in [6.07, 6.45) is 4.55. The van der Waals surface area contributed by atoms with Crippen molar-refractivity contribution in [1.82, 2.24) is 20.2 Å². The SMILES string of the molecule is O=C(NC(CO)c1ccccc1)c1cccc2c1OCCC2NCc1cncn1Cc1ccc(-c2ccccc2)cc1. The number of benzene rings is 4.